The minimum Gasteiger partial charge on any atom is -0.390 e. The van der Waals surface area contributed by atoms with E-state index >= 15 is 0 Å². The van der Waals surface area contributed by atoms with Crippen LogP contribution in [0.5, 0.6) is 0 Å². The van der Waals surface area contributed by atoms with Crippen molar-refractivity contribution in [3.05, 3.63) is 0 Å². The summed E-state index contributed by atoms with van der Waals surface area (Å²) in [5.41, 5.74) is 13.8. The molecule has 14 atom stereocenters. The summed E-state index contributed by atoms with van der Waals surface area (Å²) >= 11 is 0. The number of aliphatic hydroxyl groups is 2. The minimum absolute atomic E-state index is 0.0506. The largest absolute Gasteiger partial charge is 0.390 e. The van der Waals surface area contributed by atoms with Crippen LogP contribution in [0.2, 0.25) is 0 Å². The van der Waals surface area contributed by atoms with Crippen molar-refractivity contribution in [1.29, 1.82) is 0 Å². The molecule has 6 heteroatoms. The third kappa shape index (κ3) is 2.36. The number of rotatable bonds is 3. The van der Waals surface area contributed by atoms with Gasteiger partial charge < -0.3 is 31.2 Å². The second kappa shape index (κ2) is 6.64. The molecular weight excluding hydrogens is 380 g/mol. The van der Waals surface area contributed by atoms with E-state index < -0.39 is 0 Å². The van der Waals surface area contributed by atoms with Gasteiger partial charge >= 0.3 is 0 Å². The lowest BCUT2D eigenvalue weighted by atomic mass is 9.55. The lowest BCUT2D eigenvalue weighted by molar-refractivity contribution is -0.0157. The number of ether oxygens (including phenoxy) is 2. The zero-order valence-corrected chi connectivity index (χ0v) is 18.5. The van der Waals surface area contributed by atoms with E-state index in [0.29, 0.717) is 35.5 Å². The molecule has 6 rings (SSSR count). The van der Waals surface area contributed by atoms with E-state index in [2.05, 4.69) is 0 Å². The highest BCUT2D eigenvalue weighted by Crippen LogP contribution is 2.72. The van der Waals surface area contributed by atoms with E-state index in [1.807, 2.05) is 0 Å². The summed E-state index contributed by atoms with van der Waals surface area (Å²) in [5, 5.41) is 21.3. The maximum absolute atomic E-state index is 10.7. The SMILES string of the molecule is COC1C[C@@]2(C[C@H]1O)C(N)C1CC(C3C[C@H]4C[C@@H]3[C@]3(CC(OC)[C@@H](O)C3)[C@H]4N)C2C1. The van der Waals surface area contributed by atoms with E-state index in [1.165, 1.54) is 25.7 Å². The molecule has 2 spiro atoms. The summed E-state index contributed by atoms with van der Waals surface area (Å²) in [5.74, 6) is 3.77. The molecule has 170 valence electrons. The van der Waals surface area contributed by atoms with Crippen molar-refractivity contribution in [2.24, 2.45) is 57.8 Å². The Morgan fingerprint density at radius 1 is 0.667 bits per heavy atom. The van der Waals surface area contributed by atoms with Crippen molar-refractivity contribution in [2.45, 2.75) is 87.9 Å². The molecule has 6 fully saturated rings. The Hall–Kier alpha value is -0.240. The van der Waals surface area contributed by atoms with Crippen LogP contribution in [0.4, 0.5) is 0 Å². The first-order valence-electron chi connectivity index (χ1n) is 12.3. The van der Waals surface area contributed by atoms with Crippen molar-refractivity contribution in [2.75, 3.05) is 14.2 Å². The molecule has 0 aromatic heterocycles. The molecule has 6 N–H and O–H groups in total. The number of hydrogen-bond acceptors (Lipinski definition) is 6. The van der Waals surface area contributed by atoms with Gasteiger partial charge in [-0.05, 0) is 97.7 Å². The topological polar surface area (TPSA) is 111 Å². The molecule has 30 heavy (non-hydrogen) atoms. The Morgan fingerprint density at radius 2 is 1.07 bits per heavy atom. The second-order valence-corrected chi connectivity index (χ2v) is 12.0. The smallest absolute Gasteiger partial charge is 0.0836 e. The molecule has 6 aliphatic carbocycles. The quantitative estimate of drug-likeness (QED) is 0.547. The number of aliphatic hydroxyl groups excluding tert-OH is 2. The molecule has 0 radical (unpaired) electrons. The Morgan fingerprint density at radius 3 is 1.37 bits per heavy atom. The fourth-order valence-electron chi connectivity index (χ4n) is 10.4. The van der Waals surface area contributed by atoms with Crippen LogP contribution >= 0.6 is 0 Å². The van der Waals surface area contributed by atoms with Gasteiger partial charge in [-0.25, -0.2) is 0 Å². The van der Waals surface area contributed by atoms with E-state index in [4.69, 9.17) is 20.9 Å². The van der Waals surface area contributed by atoms with Gasteiger partial charge in [0.2, 0.25) is 0 Å². The number of nitrogens with two attached hydrogens (primary N) is 2. The summed E-state index contributed by atoms with van der Waals surface area (Å²) in [7, 11) is 3.45. The predicted molar refractivity (Wildman–Crippen MR) is 112 cm³/mol. The Balaban J connectivity index is 1.29. The fraction of sp³-hybridized carbons (Fsp3) is 1.00. The second-order valence-electron chi connectivity index (χ2n) is 12.0. The van der Waals surface area contributed by atoms with Gasteiger partial charge in [0.25, 0.3) is 0 Å². The maximum Gasteiger partial charge on any atom is 0.0836 e. The van der Waals surface area contributed by atoms with Gasteiger partial charge in [-0.2, -0.15) is 0 Å². The fourth-order valence-corrected chi connectivity index (χ4v) is 10.4. The molecule has 7 unspecified atom stereocenters. The first-order chi connectivity index (χ1) is 14.3. The standard InChI is InChI=1S/C24H40N2O4/c1-29-19-9-23(7-17(19)27)15-5-11(21(23)25)3-13(15)14-4-12-6-16(14)24(22(12)26)8-18(28)20(10-24)30-2/h11-22,27-28H,3-10,25-26H2,1-2H3/t11-,12?,13?,14?,15-,16?,17-,18+,19?,20?,21-,22?,23-,24+/m0/s1. The normalized spacial score (nSPS) is 63.8. The summed E-state index contributed by atoms with van der Waals surface area (Å²) in [6.07, 6.45) is 7.50. The molecule has 0 amide bonds. The van der Waals surface area contributed by atoms with Gasteiger partial charge in [0.05, 0.1) is 24.4 Å². The molecule has 6 nitrogen and oxygen atoms in total. The van der Waals surface area contributed by atoms with Crippen LogP contribution < -0.4 is 11.5 Å². The maximum atomic E-state index is 10.7. The Bertz CT molecular complexity index is 649. The van der Waals surface area contributed by atoms with Crippen LogP contribution in [0.25, 0.3) is 0 Å². The van der Waals surface area contributed by atoms with Gasteiger partial charge in [-0.1, -0.05) is 0 Å². The van der Waals surface area contributed by atoms with Gasteiger partial charge in [0.15, 0.2) is 0 Å². The average molecular weight is 421 g/mol. The van der Waals surface area contributed by atoms with Crippen LogP contribution in [0.15, 0.2) is 0 Å². The van der Waals surface area contributed by atoms with Gasteiger partial charge in [0.1, 0.15) is 0 Å². The molecule has 4 bridgehead atoms. The average Bonchev–Trinajstić information content (AvgIpc) is 3.53. The zero-order valence-electron chi connectivity index (χ0n) is 18.5. The highest BCUT2D eigenvalue weighted by Gasteiger charge is 2.70. The van der Waals surface area contributed by atoms with E-state index in [0.717, 1.165) is 25.7 Å². The summed E-state index contributed by atoms with van der Waals surface area (Å²) in [4.78, 5) is 0. The number of hydrogen-bond donors (Lipinski definition) is 4. The first-order valence-corrected chi connectivity index (χ1v) is 12.3. The van der Waals surface area contributed by atoms with E-state index in [-0.39, 0.29) is 47.3 Å². The molecule has 6 saturated carbocycles. The third-order valence-corrected chi connectivity index (χ3v) is 11.5. The molecular formula is C24H40N2O4. The summed E-state index contributed by atoms with van der Waals surface area (Å²) < 4.78 is 11.3. The molecule has 0 aromatic carbocycles. The third-order valence-electron chi connectivity index (χ3n) is 11.5. The van der Waals surface area contributed by atoms with Crippen molar-refractivity contribution in [1.82, 2.24) is 0 Å². The first kappa shape index (κ1) is 20.4. The van der Waals surface area contributed by atoms with Gasteiger partial charge in [-0.3, -0.25) is 0 Å². The lowest BCUT2D eigenvalue weighted by Crippen LogP contribution is -2.53. The molecule has 6 aliphatic rings. The van der Waals surface area contributed by atoms with Crippen LogP contribution in [0, 0.1) is 46.3 Å². The molecule has 0 aliphatic heterocycles. The number of methoxy groups -OCH3 is 2. The van der Waals surface area contributed by atoms with Crippen LogP contribution in [0.3, 0.4) is 0 Å². The predicted octanol–water partition coefficient (Wildman–Crippen LogP) is 1.27. The Labute approximate surface area is 180 Å². The zero-order chi connectivity index (χ0) is 21.0. The van der Waals surface area contributed by atoms with E-state index in [9.17, 15) is 10.2 Å². The number of fused-ring (bicyclic) bond motifs is 6. The molecule has 0 saturated heterocycles. The van der Waals surface area contributed by atoms with Crippen LogP contribution in [-0.2, 0) is 9.47 Å². The van der Waals surface area contributed by atoms with Crippen molar-refractivity contribution < 1.29 is 19.7 Å². The minimum atomic E-state index is -0.381. The highest BCUT2D eigenvalue weighted by atomic mass is 16.5. The van der Waals surface area contributed by atoms with Gasteiger partial charge in [0, 0.05) is 26.3 Å². The molecule has 0 aromatic rings. The van der Waals surface area contributed by atoms with Gasteiger partial charge in [-0.15, -0.1) is 0 Å². The monoisotopic (exact) mass is 420 g/mol. The summed E-state index contributed by atoms with van der Waals surface area (Å²) in [6.45, 7) is 0. The molecule has 0 heterocycles. The van der Waals surface area contributed by atoms with Crippen LogP contribution in [-0.4, -0.2) is 60.9 Å². The van der Waals surface area contributed by atoms with Crippen molar-refractivity contribution >= 4 is 0 Å². The summed E-state index contributed by atoms with van der Waals surface area (Å²) in [6, 6.07) is 0.407. The van der Waals surface area contributed by atoms with Crippen molar-refractivity contribution in [3.63, 3.8) is 0 Å². The van der Waals surface area contributed by atoms with E-state index in [1.54, 1.807) is 14.2 Å². The highest BCUT2D eigenvalue weighted by molar-refractivity contribution is 5.21. The Kier molecular flexibility index (Phi) is 4.51. The lowest BCUT2D eigenvalue weighted by Gasteiger charge is -2.51. The van der Waals surface area contributed by atoms with Crippen LogP contribution in [0.1, 0.15) is 51.4 Å². The van der Waals surface area contributed by atoms with Crippen molar-refractivity contribution in [3.8, 4) is 0 Å².